The molecule has 0 aliphatic rings. The van der Waals surface area contributed by atoms with Crippen LogP contribution in [0.15, 0.2) is 28.7 Å². The van der Waals surface area contributed by atoms with E-state index < -0.39 is 11.9 Å². The van der Waals surface area contributed by atoms with Crippen LogP contribution in [-0.4, -0.2) is 50.1 Å². The number of esters is 2. The summed E-state index contributed by atoms with van der Waals surface area (Å²) in [5.41, 5.74) is 0.529. The van der Waals surface area contributed by atoms with Gasteiger partial charge in [-0.1, -0.05) is 0 Å². The van der Waals surface area contributed by atoms with Crippen molar-refractivity contribution in [3.8, 4) is 28.7 Å². The number of methoxy groups -OCH3 is 3. The van der Waals surface area contributed by atoms with E-state index in [1.165, 1.54) is 21.3 Å². The molecule has 0 bridgehead atoms. The smallest absolute Gasteiger partial charge is 0.331 e. The van der Waals surface area contributed by atoms with Gasteiger partial charge in [-0.25, -0.2) is 9.59 Å². The second-order valence-corrected chi connectivity index (χ2v) is 5.11. The van der Waals surface area contributed by atoms with E-state index in [-0.39, 0.29) is 25.0 Å². The van der Waals surface area contributed by atoms with Gasteiger partial charge in [-0.05, 0) is 19.1 Å². The van der Waals surface area contributed by atoms with Gasteiger partial charge < -0.3 is 28.1 Å². The van der Waals surface area contributed by atoms with Crippen LogP contribution in [0, 0.1) is 0 Å². The molecule has 10 heteroatoms. The highest BCUT2D eigenvalue weighted by molar-refractivity contribution is 5.91. The predicted molar refractivity (Wildman–Crippen MR) is 95.0 cm³/mol. The summed E-state index contributed by atoms with van der Waals surface area (Å²) in [6, 6.07) is 3.29. The Morgan fingerprint density at radius 2 is 1.57 bits per heavy atom. The first-order chi connectivity index (χ1) is 13.5. The maximum atomic E-state index is 11.6. The van der Waals surface area contributed by atoms with Crippen molar-refractivity contribution in [2.24, 2.45) is 0 Å². The number of nitrogens with zero attached hydrogens (tertiary/aromatic N) is 2. The van der Waals surface area contributed by atoms with Crippen molar-refractivity contribution < 1.29 is 37.7 Å². The van der Waals surface area contributed by atoms with Gasteiger partial charge in [0.1, 0.15) is 0 Å². The van der Waals surface area contributed by atoms with Crippen LogP contribution in [0.2, 0.25) is 0 Å². The average Bonchev–Trinajstić information content (AvgIpc) is 3.18. The van der Waals surface area contributed by atoms with Gasteiger partial charge in [0, 0.05) is 17.7 Å². The van der Waals surface area contributed by atoms with E-state index in [0.29, 0.717) is 22.8 Å². The van der Waals surface area contributed by atoms with Crippen LogP contribution in [0.5, 0.6) is 17.2 Å². The minimum absolute atomic E-state index is 0.0710. The van der Waals surface area contributed by atoms with Crippen LogP contribution in [0.1, 0.15) is 12.8 Å². The molecule has 0 unspecified atom stereocenters. The van der Waals surface area contributed by atoms with Crippen LogP contribution < -0.4 is 14.2 Å². The first-order valence-electron chi connectivity index (χ1n) is 8.16. The maximum Gasteiger partial charge on any atom is 0.331 e. The standard InChI is InChI=1S/C18H20N2O8/c1-5-26-15(21)6-7-16(22)27-10-14-19-20-18(28-14)11-8-12(23-2)17(25-4)13(9-11)24-3/h6-9H,5,10H2,1-4H3/b7-6+. The molecule has 28 heavy (non-hydrogen) atoms. The third-order valence-electron chi connectivity index (χ3n) is 3.36. The molecule has 0 radical (unpaired) electrons. The average molecular weight is 392 g/mol. The highest BCUT2D eigenvalue weighted by atomic mass is 16.5. The first kappa shape index (κ1) is 20.7. The van der Waals surface area contributed by atoms with E-state index in [4.69, 9.17) is 23.4 Å². The van der Waals surface area contributed by atoms with Gasteiger partial charge >= 0.3 is 11.9 Å². The van der Waals surface area contributed by atoms with E-state index in [9.17, 15) is 9.59 Å². The molecule has 1 heterocycles. The molecule has 150 valence electrons. The van der Waals surface area contributed by atoms with E-state index >= 15 is 0 Å². The van der Waals surface area contributed by atoms with Crippen LogP contribution in [0.25, 0.3) is 11.5 Å². The zero-order chi connectivity index (χ0) is 20.5. The lowest BCUT2D eigenvalue weighted by Crippen LogP contribution is -2.04. The summed E-state index contributed by atoms with van der Waals surface area (Å²) in [5.74, 6) is 0.131. The number of hydrogen-bond acceptors (Lipinski definition) is 10. The number of aromatic nitrogens is 2. The molecule has 10 nitrogen and oxygen atoms in total. The molecular weight excluding hydrogens is 372 g/mol. The maximum absolute atomic E-state index is 11.6. The number of rotatable bonds is 9. The second-order valence-electron chi connectivity index (χ2n) is 5.11. The quantitative estimate of drug-likeness (QED) is 0.462. The van der Waals surface area contributed by atoms with E-state index in [1.807, 2.05) is 0 Å². The summed E-state index contributed by atoms with van der Waals surface area (Å²) in [7, 11) is 4.47. The first-order valence-corrected chi connectivity index (χ1v) is 8.16. The van der Waals surface area contributed by atoms with Crippen molar-refractivity contribution in [3.63, 3.8) is 0 Å². The van der Waals surface area contributed by atoms with Gasteiger partial charge in [0.25, 0.3) is 5.89 Å². The van der Waals surface area contributed by atoms with Gasteiger partial charge in [0.05, 0.1) is 27.9 Å². The van der Waals surface area contributed by atoms with E-state index in [1.54, 1.807) is 19.1 Å². The largest absolute Gasteiger partial charge is 0.493 e. The molecular formula is C18H20N2O8. The number of hydrogen-bond donors (Lipinski definition) is 0. The molecule has 0 spiro atoms. The Morgan fingerprint density at radius 1 is 0.964 bits per heavy atom. The molecule has 2 aromatic rings. The highest BCUT2D eigenvalue weighted by Gasteiger charge is 2.18. The number of carbonyl (C=O) groups is 2. The Kier molecular flexibility index (Phi) is 7.37. The molecule has 0 aliphatic heterocycles. The third kappa shape index (κ3) is 5.22. The van der Waals surface area contributed by atoms with Crippen molar-refractivity contribution in [3.05, 3.63) is 30.2 Å². The summed E-state index contributed by atoms with van der Waals surface area (Å²) < 4.78 is 30.9. The molecule has 0 N–H and O–H groups in total. The van der Waals surface area contributed by atoms with Crippen LogP contribution in [0.3, 0.4) is 0 Å². The molecule has 0 saturated heterocycles. The molecule has 0 fully saturated rings. The SMILES string of the molecule is CCOC(=O)/C=C/C(=O)OCc1nnc(-c2cc(OC)c(OC)c(OC)c2)o1. The van der Waals surface area contributed by atoms with E-state index in [0.717, 1.165) is 12.2 Å². The summed E-state index contributed by atoms with van der Waals surface area (Å²) in [4.78, 5) is 22.7. The molecule has 2 rings (SSSR count). The Morgan fingerprint density at radius 3 is 2.11 bits per heavy atom. The fourth-order valence-electron chi connectivity index (χ4n) is 2.14. The van der Waals surface area contributed by atoms with Gasteiger partial charge in [0.15, 0.2) is 18.1 Å². The summed E-state index contributed by atoms with van der Waals surface area (Å²) >= 11 is 0. The van der Waals surface area contributed by atoms with Crippen molar-refractivity contribution in [1.82, 2.24) is 10.2 Å². The Labute approximate surface area is 161 Å². The Bertz CT molecular complexity index is 834. The lowest BCUT2D eigenvalue weighted by atomic mass is 10.2. The van der Waals surface area contributed by atoms with Crippen LogP contribution >= 0.6 is 0 Å². The number of ether oxygens (including phenoxy) is 5. The molecule has 0 atom stereocenters. The lowest BCUT2D eigenvalue weighted by Gasteiger charge is -2.12. The second kappa shape index (κ2) is 9.95. The zero-order valence-electron chi connectivity index (χ0n) is 15.9. The topological polar surface area (TPSA) is 119 Å². The third-order valence-corrected chi connectivity index (χ3v) is 3.36. The monoisotopic (exact) mass is 392 g/mol. The molecule has 0 saturated carbocycles. The molecule has 1 aromatic heterocycles. The number of carbonyl (C=O) groups excluding carboxylic acids is 2. The number of benzene rings is 1. The highest BCUT2D eigenvalue weighted by Crippen LogP contribution is 2.40. The minimum Gasteiger partial charge on any atom is -0.493 e. The Balaban J connectivity index is 2.08. The van der Waals surface area contributed by atoms with Crippen LogP contribution in [0.4, 0.5) is 0 Å². The summed E-state index contributed by atoms with van der Waals surface area (Å²) in [5, 5.41) is 7.74. The van der Waals surface area contributed by atoms with Crippen LogP contribution in [-0.2, 0) is 25.7 Å². The fourth-order valence-corrected chi connectivity index (χ4v) is 2.14. The zero-order valence-corrected chi connectivity index (χ0v) is 15.9. The van der Waals surface area contributed by atoms with E-state index in [2.05, 4.69) is 14.9 Å². The summed E-state index contributed by atoms with van der Waals surface area (Å²) in [6.45, 7) is 1.61. The predicted octanol–water partition coefficient (Wildman–Crippen LogP) is 1.92. The molecule has 1 aromatic carbocycles. The van der Waals surface area contributed by atoms with Gasteiger partial charge in [-0.3, -0.25) is 0 Å². The normalized spacial score (nSPS) is 10.6. The van der Waals surface area contributed by atoms with Crippen molar-refractivity contribution in [1.29, 1.82) is 0 Å². The lowest BCUT2D eigenvalue weighted by molar-refractivity contribution is -0.141. The van der Waals surface area contributed by atoms with Gasteiger partial charge in [-0.2, -0.15) is 0 Å². The fraction of sp³-hybridized carbons (Fsp3) is 0.333. The minimum atomic E-state index is -0.749. The van der Waals surface area contributed by atoms with Crippen molar-refractivity contribution in [2.45, 2.75) is 13.5 Å². The van der Waals surface area contributed by atoms with Gasteiger partial charge in [0.2, 0.25) is 11.6 Å². The molecule has 0 amide bonds. The van der Waals surface area contributed by atoms with Gasteiger partial charge in [-0.15, -0.1) is 10.2 Å². The van der Waals surface area contributed by atoms with Crippen molar-refractivity contribution >= 4 is 11.9 Å². The summed E-state index contributed by atoms with van der Waals surface area (Å²) in [6.07, 6.45) is 1.93. The van der Waals surface area contributed by atoms with Crippen molar-refractivity contribution in [2.75, 3.05) is 27.9 Å². The molecule has 0 aliphatic carbocycles. The Hall–Kier alpha value is -3.56.